The number of rotatable bonds is 4. The number of ether oxygens (including phenoxy) is 1. The fraction of sp³-hybridized carbons (Fsp3) is 0.562. The fourth-order valence-electron chi connectivity index (χ4n) is 2.59. The zero-order chi connectivity index (χ0) is 13.5. The predicted molar refractivity (Wildman–Crippen MR) is 77.6 cm³/mol. The fourth-order valence-corrected chi connectivity index (χ4v) is 2.59. The molecule has 0 amide bonds. The maximum Gasteiger partial charge on any atom is 0.223 e. The van der Waals surface area contributed by atoms with Gasteiger partial charge in [0.1, 0.15) is 0 Å². The molecule has 0 aromatic heterocycles. The standard InChI is InChI=1S/C16H23NO2/c1-3-18-13(2)17-19-16-11-9-15(10-12-16)14-7-5-4-6-8-14/h9-12,14H,3-8H2,1-2H3. The van der Waals surface area contributed by atoms with Gasteiger partial charge >= 0.3 is 0 Å². The number of oxime groups is 1. The van der Waals surface area contributed by atoms with E-state index in [0.29, 0.717) is 12.5 Å². The average molecular weight is 261 g/mol. The van der Waals surface area contributed by atoms with Gasteiger partial charge in [0.2, 0.25) is 5.90 Å². The first-order valence-electron chi connectivity index (χ1n) is 7.24. The van der Waals surface area contributed by atoms with Crippen molar-refractivity contribution in [3.05, 3.63) is 29.8 Å². The van der Waals surface area contributed by atoms with Crippen LogP contribution in [0, 0.1) is 0 Å². The quantitative estimate of drug-likeness (QED) is 0.454. The minimum atomic E-state index is 0.554. The second-order valence-electron chi connectivity index (χ2n) is 5.04. The second-order valence-corrected chi connectivity index (χ2v) is 5.04. The van der Waals surface area contributed by atoms with E-state index in [-0.39, 0.29) is 0 Å². The van der Waals surface area contributed by atoms with Gasteiger partial charge in [0.05, 0.1) is 6.61 Å². The summed E-state index contributed by atoms with van der Waals surface area (Å²) in [7, 11) is 0. The van der Waals surface area contributed by atoms with Gasteiger partial charge in [-0.05, 0) is 48.5 Å². The summed E-state index contributed by atoms with van der Waals surface area (Å²) in [5, 5.41) is 3.92. The van der Waals surface area contributed by atoms with E-state index in [1.54, 1.807) is 6.92 Å². The first-order valence-corrected chi connectivity index (χ1v) is 7.24. The first kappa shape index (κ1) is 13.9. The summed E-state index contributed by atoms with van der Waals surface area (Å²) in [5.41, 5.74) is 1.43. The summed E-state index contributed by atoms with van der Waals surface area (Å²) in [6.07, 6.45) is 6.76. The monoisotopic (exact) mass is 261 g/mol. The molecule has 3 nitrogen and oxygen atoms in total. The Morgan fingerprint density at radius 1 is 1.16 bits per heavy atom. The molecule has 19 heavy (non-hydrogen) atoms. The van der Waals surface area contributed by atoms with Crippen LogP contribution in [0.5, 0.6) is 5.75 Å². The molecule has 0 unspecified atom stereocenters. The third-order valence-corrected chi connectivity index (χ3v) is 3.59. The van der Waals surface area contributed by atoms with Crippen molar-refractivity contribution in [3.8, 4) is 5.75 Å². The van der Waals surface area contributed by atoms with Crippen LogP contribution in [0.4, 0.5) is 0 Å². The molecule has 0 radical (unpaired) electrons. The maximum absolute atomic E-state index is 5.33. The minimum absolute atomic E-state index is 0.554. The molecule has 0 aliphatic heterocycles. The molecule has 1 aromatic rings. The molecule has 0 spiro atoms. The van der Waals surface area contributed by atoms with Crippen LogP contribution in [0.1, 0.15) is 57.4 Å². The topological polar surface area (TPSA) is 30.8 Å². The summed E-state index contributed by atoms with van der Waals surface area (Å²) in [6, 6.07) is 8.31. The highest BCUT2D eigenvalue weighted by atomic mass is 16.6. The van der Waals surface area contributed by atoms with E-state index in [2.05, 4.69) is 17.3 Å². The summed E-state index contributed by atoms with van der Waals surface area (Å²) in [5.74, 6) is 2.05. The Morgan fingerprint density at radius 2 is 1.84 bits per heavy atom. The normalized spacial score (nSPS) is 17.3. The van der Waals surface area contributed by atoms with Crippen molar-refractivity contribution in [2.24, 2.45) is 5.16 Å². The molecule has 1 aliphatic carbocycles. The first-order chi connectivity index (χ1) is 9.29. The van der Waals surface area contributed by atoms with Crippen molar-refractivity contribution in [1.82, 2.24) is 0 Å². The van der Waals surface area contributed by atoms with E-state index in [1.807, 2.05) is 19.1 Å². The zero-order valence-corrected chi connectivity index (χ0v) is 11.9. The Morgan fingerprint density at radius 3 is 2.47 bits per heavy atom. The van der Waals surface area contributed by atoms with Crippen LogP contribution in [0.15, 0.2) is 29.4 Å². The van der Waals surface area contributed by atoms with Crippen LogP contribution in [0.3, 0.4) is 0 Å². The molecule has 1 fully saturated rings. The van der Waals surface area contributed by atoms with Crippen molar-refractivity contribution < 1.29 is 9.57 Å². The molecule has 104 valence electrons. The lowest BCUT2D eigenvalue weighted by molar-refractivity contribution is 0.276. The molecule has 1 aromatic carbocycles. The largest absolute Gasteiger partial charge is 0.479 e. The molecule has 0 saturated heterocycles. The van der Waals surface area contributed by atoms with Crippen LogP contribution in [0.25, 0.3) is 0 Å². The molecule has 0 atom stereocenters. The molecule has 0 N–H and O–H groups in total. The Kier molecular flexibility index (Phi) is 5.25. The average Bonchev–Trinajstić information content (AvgIpc) is 2.47. The molecule has 3 heteroatoms. The summed E-state index contributed by atoms with van der Waals surface area (Å²) < 4.78 is 5.21. The van der Waals surface area contributed by atoms with Gasteiger partial charge < -0.3 is 9.57 Å². The molecular formula is C16H23NO2. The Hall–Kier alpha value is -1.51. The summed E-state index contributed by atoms with van der Waals surface area (Å²) >= 11 is 0. The highest BCUT2D eigenvalue weighted by Crippen LogP contribution is 2.33. The van der Waals surface area contributed by atoms with E-state index >= 15 is 0 Å². The Balaban J connectivity index is 1.92. The molecule has 0 heterocycles. The van der Waals surface area contributed by atoms with Gasteiger partial charge in [-0.3, -0.25) is 0 Å². The van der Waals surface area contributed by atoms with E-state index in [1.165, 1.54) is 37.7 Å². The number of hydrogen-bond donors (Lipinski definition) is 0. The van der Waals surface area contributed by atoms with Crippen LogP contribution in [0.2, 0.25) is 0 Å². The van der Waals surface area contributed by atoms with Crippen molar-refractivity contribution in [1.29, 1.82) is 0 Å². The van der Waals surface area contributed by atoms with Gasteiger partial charge in [0, 0.05) is 6.92 Å². The van der Waals surface area contributed by atoms with Crippen LogP contribution in [-0.4, -0.2) is 12.5 Å². The molecule has 0 bridgehead atoms. The second kappa shape index (κ2) is 7.17. The maximum atomic E-state index is 5.33. The summed E-state index contributed by atoms with van der Waals surface area (Å²) in [6.45, 7) is 4.33. The number of nitrogens with zero attached hydrogens (tertiary/aromatic N) is 1. The Bertz CT molecular complexity index is 405. The predicted octanol–water partition coefficient (Wildman–Crippen LogP) is 4.48. The molecular weight excluding hydrogens is 238 g/mol. The lowest BCUT2D eigenvalue weighted by Crippen LogP contribution is -2.04. The highest BCUT2D eigenvalue weighted by Gasteiger charge is 2.15. The summed E-state index contributed by atoms with van der Waals surface area (Å²) in [4.78, 5) is 5.33. The van der Waals surface area contributed by atoms with Crippen molar-refractivity contribution in [2.75, 3.05) is 6.61 Å². The van der Waals surface area contributed by atoms with Crippen molar-refractivity contribution in [2.45, 2.75) is 51.9 Å². The van der Waals surface area contributed by atoms with E-state index in [0.717, 1.165) is 11.7 Å². The van der Waals surface area contributed by atoms with Gasteiger partial charge in [0.15, 0.2) is 5.75 Å². The molecule has 1 saturated carbocycles. The van der Waals surface area contributed by atoms with Crippen LogP contribution < -0.4 is 4.84 Å². The minimum Gasteiger partial charge on any atom is -0.479 e. The van der Waals surface area contributed by atoms with E-state index < -0.39 is 0 Å². The lowest BCUT2D eigenvalue weighted by atomic mass is 9.84. The van der Waals surface area contributed by atoms with Gasteiger partial charge in [0.25, 0.3) is 0 Å². The third kappa shape index (κ3) is 4.27. The smallest absolute Gasteiger partial charge is 0.223 e. The van der Waals surface area contributed by atoms with Crippen LogP contribution in [-0.2, 0) is 4.74 Å². The third-order valence-electron chi connectivity index (χ3n) is 3.59. The van der Waals surface area contributed by atoms with E-state index in [4.69, 9.17) is 9.57 Å². The Labute approximate surface area is 115 Å². The zero-order valence-electron chi connectivity index (χ0n) is 11.9. The van der Waals surface area contributed by atoms with Gasteiger partial charge in [-0.2, -0.15) is 0 Å². The molecule has 2 rings (SSSR count). The SMILES string of the molecule is CCOC(C)=NOc1ccc(C2CCCCC2)cc1. The molecule has 1 aliphatic rings. The lowest BCUT2D eigenvalue weighted by Gasteiger charge is -2.21. The van der Waals surface area contributed by atoms with Gasteiger partial charge in [-0.1, -0.05) is 31.4 Å². The van der Waals surface area contributed by atoms with Crippen molar-refractivity contribution >= 4 is 5.90 Å². The number of hydrogen-bond acceptors (Lipinski definition) is 3. The van der Waals surface area contributed by atoms with Gasteiger partial charge in [-0.15, -0.1) is 0 Å². The number of benzene rings is 1. The van der Waals surface area contributed by atoms with Crippen molar-refractivity contribution in [3.63, 3.8) is 0 Å². The van der Waals surface area contributed by atoms with E-state index in [9.17, 15) is 0 Å². The van der Waals surface area contributed by atoms with Gasteiger partial charge in [-0.25, -0.2) is 0 Å². The van der Waals surface area contributed by atoms with Crippen LogP contribution >= 0.6 is 0 Å². The highest BCUT2D eigenvalue weighted by molar-refractivity contribution is 5.72.